The number of benzene rings is 2. The molecule has 0 saturated carbocycles. The van der Waals surface area contributed by atoms with Crippen LogP contribution in [0.1, 0.15) is 17.2 Å². The van der Waals surface area contributed by atoms with Crippen LogP contribution in [0, 0.1) is 10.1 Å². The fraction of sp³-hybridized carbons (Fsp3) is 0.278. The minimum atomic E-state index is -0.907. The van der Waals surface area contributed by atoms with Gasteiger partial charge in [0.1, 0.15) is 0 Å². The molecule has 0 spiro atoms. The molecule has 2 rings (SSSR count). The summed E-state index contributed by atoms with van der Waals surface area (Å²) in [6.45, 7) is 0.0291. The number of rotatable bonds is 8. The van der Waals surface area contributed by atoms with Crippen molar-refractivity contribution in [3.05, 3.63) is 63.7 Å². The largest absolute Gasteiger partial charge is 0.493 e. The number of aliphatic hydroxyl groups excluding tert-OH is 1. The monoisotopic (exact) mass is 360 g/mol. The molecule has 1 amide bonds. The molecule has 2 aromatic carbocycles. The summed E-state index contributed by atoms with van der Waals surface area (Å²) in [6, 6.07) is 10.8. The summed E-state index contributed by atoms with van der Waals surface area (Å²) in [5.74, 6) is 0.741. The van der Waals surface area contributed by atoms with Gasteiger partial charge in [-0.1, -0.05) is 18.2 Å². The SMILES string of the molecule is COc1ccc(C(O)CNC(=O)Cc2ccc([N+](=O)[O-])cc2)cc1OC. The molecular weight excluding hydrogens is 340 g/mol. The van der Waals surface area contributed by atoms with E-state index in [1.807, 2.05) is 0 Å². The van der Waals surface area contributed by atoms with E-state index in [1.165, 1.54) is 38.5 Å². The molecule has 0 fully saturated rings. The minimum absolute atomic E-state index is 0.0291. The Labute approximate surface area is 150 Å². The van der Waals surface area contributed by atoms with E-state index in [2.05, 4.69) is 5.32 Å². The summed E-state index contributed by atoms with van der Waals surface area (Å²) in [7, 11) is 3.02. The summed E-state index contributed by atoms with van der Waals surface area (Å²) in [5, 5.41) is 23.5. The number of methoxy groups -OCH3 is 2. The molecular formula is C18H20N2O6. The second-order valence-corrected chi connectivity index (χ2v) is 5.53. The number of non-ortho nitro benzene ring substituents is 1. The van der Waals surface area contributed by atoms with Crippen LogP contribution in [0.15, 0.2) is 42.5 Å². The van der Waals surface area contributed by atoms with E-state index >= 15 is 0 Å². The Morgan fingerprint density at radius 2 is 1.81 bits per heavy atom. The van der Waals surface area contributed by atoms with Crippen LogP contribution in [0.4, 0.5) is 5.69 Å². The predicted molar refractivity (Wildman–Crippen MR) is 94.3 cm³/mol. The normalized spacial score (nSPS) is 11.5. The molecule has 2 N–H and O–H groups in total. The highest BCUT2D eigenvalue weighted by atomic mass is 16.6. The summed E-state index contributed by atoms with van der Waals surface area (Å²) >= 11 is 0. The molecule has 0 aliphatic heterocycles. The van der Waals surface area contributed by atoms with Gasteiger partial charge < -0.3 is 19.9 Å². The van der Waals surface area contributed by atoms with E-state index in [1.54, 1.807) is 18.2 Å². The molecule has 0 radical (unpaired) electrons. The van der Waals surface area contributed by atoms with Gasteiger partial charge in [-0.3, -0.25) is 14.9 Å². The fourth-order valence-electron chi connectivity index (χ4n) is 2.37. The maximum atomic E-state index is 12.0. The topological polar surface area (TPSA) is 111 Å². The Kier molecular flexibility index (Phi) is 6.51. The zero-order valence-electron chi connectivity index (χ0n) is 14.5. The molecule has 26 heavy (non-hydrogen) atoms. The third kappa shape index (κ3) is 4.93. The molecule has 0 aliphatic carbocycles. The Hall–Kier alpha value is -3.13. The molecule has 0 saturated heterocycles. The van der Waals surface area contributed by atoms with Gasteiger partial charge in [0.25, 0.3) is 5.69 Å². The molecule has 0 bridgehead atoms. The Morgan fingerprint density at radius 3 is 2.38 bits per heavy atom. The summed E-state index contributed by atoms with van der Waals surface area (Å²) in [6.07, 6.45) is -0.841. The lowest BCUT2D eigenvalue weighted by atomic mass is 10.1. The third-order valence-corrected chi connectivity index (χ3v) is 3.80. The Bertz CT molecular complexity index is 776. The van der Waals surface area contributed by atoms with Crippen LogP contribution in [0.5, 0.6) is 11.5 Å². The number of nitro benzene ring substituents is 1. The second kappa shape index (κ2) is 8.82. The first-order valence-electron chi connectivity index (χ1n) is 7.84. The van der Waals surface area contributed by atoms with Crippen LogP contribution in [0.25, 0.3) is 0 Å². The minimum Gasteiger partial charge on any atom is -0.493 e. The fourth-order valence-corrected chi connectivity index (χ4v) is 2.37. The van der Waals surface area contributed by atoms with Crippen molar-refractivity contribution in [2.75, 3.05) is 20.8 Å². The van der Waals surface area contributed by atoms with Gasteiger partial charge in [-0.2, -0.15) is 0 Å². The van der Waals surface area contributed by atoms with E-state index in [9.17, 15) is 20.0 Å². The molecule has 0 aromatic heterocycles. The molecule has 138 valence electrons. The lowest BCUT2D eigenvalue weighted by Gasteiger charge is -2.15. The molecule has 1 atom stereocenters. The lowest BCUT2D eigenvalue weighted by Crippen LogP contribution is -2.29. The van der Waals surface area contributed by atoms with Crippen molar-refractivity contribution in [2.45, 2.75) is 12.5 Å². The smallest absolute Gasteiger partial charge is 0.269 e. The highest BCUT2D eigenvalue weighted by Gasteiger charge is 2.13. The highest BCUT2D eigenvalue weighted by Crippen LogP contribution is 2.29. The number of carbonyl (C=O) groups is 1. The quantitative estimate of drug-likeness (QED) is 0.550. The van der Waals surface area contributed by atoms with Gasteiger partial charge in [0.15, 0.2) is 11.5 Å². The van der Waals surface area contributed by atoms with E-state index in [0.29, 0.717) is 22.6 Å². The number of hydrogen-bond acceptors (Lipinski definition) is 6. The number of nitro groups is 1. The molecule has 2 aromatic rings. The van der Waals surface area contributed by atoms with Crippen molar-refractivity contribution in [1.29, 1.82) is 0 Å². The first-order chi connectivity index (χ1) is 12.4. The van der Waals surface area contributed by atoms with Crippen LogP contribution in [-0.4, -0.2) is 36.7 Å². The Morgan fingerprint density at radius 1 is 1.15 bits per heavy atom. The van der Waals surface area contributed by atoms with Gasteiger partial charge in [0.05, 0.1) is 31.7 Å². The van der Waals surface area contributed by atoms with Crippen molar-refractivity contribution in [1.82, 2.24) is 5.32 Å². The van der Waals surface area contributed by atoms with Crippen LogP contribution < -0.4 is 14.8 Å². The third-order valence-electron chi connectivity index (χ3n) is 3.80. The van der Waals surface area contributed by atoms with Crippen LogP contribution in [0.2, 0.25) is 0 Å². The van der Waals surface area contributed by atoms with Crippen molar-refractivity contribution in [3.63, 3.8) is 0 Å². The van der Waals surface area contributed by atoms with E-state index in [0.717, 1.165) is 0 Å². The van der Waals surface area contributed by atoms with Gasteiger partial charge in [0, 0.05) is 18.7 Å². The zero-order valence-corrected chi connectivity index (χ0v) is 14.5. The number of nitrogens with one attached hydrogen (secondary N) is 1. The number of aliphatic hydroxyl groups is 1. The van der Waals surface area contributed by atoms with Gasteiger partial charge >= 0.3 is 0 Å². The maximum Gasteiger partial charge on any atom is 0.269 e. The first-order valence-corrected chi connectivity index (χ1v) is 7.84. The number of carbonyl (C=O) groups excluding carboxylic acids is 1. The number of ether oxygens (including phenoxy) is 2. The van der Waals surface area contributed by atoms with Crippen molar-refractivity contribution >= 4 is 11.6 Å². The maximum absolute atomic E-state index is 12.0. The van der Waals surface area contributed by atoms with Gasteiger partial charge in [-0.15, -0.1) is 0 Å². The van der Waals surface area contributed by atoms with Gasteiger partial charge in [0.2, 0.25) is 5.91 Å². The lowest BCUT2D eigenvalue weighted by molar-refractivity contribution is -0.384. The summed E-state index contributed by atoms with van der Waals surface area (Å²) < 4.78 is 10.3. The number of amides is 1. The average Bonchev–Trinajstić information content (AvgIpc) is 2.65. The van der Waals surface area contributed by atoms with Crippen LogP contribution in [-0.2, 0) is 11.2 Å². The molecule has 1 unspecified atom stereocenters. The predicted octanol–water partition coefficient (Wildman–Crippen LogP) is 2.00. The van der Waals surface area contributed by atoms with Crippen molar-refractivity contribution < 1.29 is 24.3 Å². The van der Waals surface area contributed by atoms with E-state index in [4.69, 9.17) is 9.47 Å². The first kappa shape index (κ1) is 19.2. The highest BCUT2D eigenvalue weighted by molar-refractivity contribution is 5.78. The van der Waals surface area contributed by atoms with Crippen LogP contribution in [0.3, 0.4) is 0 Å². The summed E-state index contributed by atoms with van der Waals surface area (Å²) in [4.78, 5) is 22.1. The van der Waals surface area contributed by atoms with E-state index in [-0.39, 0.29) is 24.6 Å². The summed E-state index contributed by atoms with van der Waals surface area (Å²) in [5.41, 5.74) is 1.20. The molecule has 8 nitrogen and oxygen atoms in total. The van der Waals surface area contributed by atoms with E-state index < -0.39 is 11.0 Å². The van der Waals surface area contributed by atoms with Gasteiger partial charge in [-0.25, -0.2) is 0 Å². The number of nitrogens with zero attached hydrogens (tertiary/aromatic N) is 1. The van der Waals surface area contributed by atoms with Crippen LogP contribution >= 0.6 is 0 Å². The molecule has 0 aliphatic rings. The second-order valence-electron chi connectivity index (χ2n) is 5.53. The van der Waals surface area contributed by atoms with Gasteiger partial charge in [-0.05, 0) is 23.3 Å². The zero-order chi connectivity index (χ0) is 19.1. The molecule has 8 heteroatoms. The standard InChI is InChI=1S/C18H20N2O6/c1-25-16-8-5-13(10-17(16)26-2)15(21)11-19-18(22)9-12-3-6-14(7-4-12)20(23)24/h3-8,10,15,21H,9,11H2,1-2H3,(H,19,22). The Balaban J connectivity index is 1.91. The number of hydrogen-bond donors (Lipinski definition) is 2. The molecule has 0 heterocycles. The van der Waals surface area contributed by atoms with Crippen molar-refractivity contribution in [3.8, 4) is 11.5 Å². The average molecular weight is 360 g/mol. The van der Waals surface area contributed by atoms with Crippen molar-refractivity contribution in [2.24, 2.45) is 0 Å².